The molecule has 0 radical (unpaired) electrons. The standard InChI is InChI=1S/C6H4Cl.C3H7.BrH.Mg/c7-6-4-2-1-3-5-6;1-3-2;;/h2-5H;1,3H2,2H3;1H;/q2*-1;;+2. The number of hydrogen-bond donors (Lipinski definition) is 0. The maximum atomic E-state index is 5.52. The Balaban J connectivity index is -0.000000146. The van der Waals surface area contributed by atoms with Gasteiger partial charge in [0.25, 0.3) is 0 Å². The molecule has 0 aliphatic carbocycles. The van der Waals surface area contributed by atoms with E-state index in [0.29, 0.717) is 0 Å². The van der Waals surface area contributed by atoms with Gasteiger partial charge in [0.1, 0.15) is 0 Å². The van der Waals surface area contributed by atoms with Gasteiger partial charge in [0, 0.05) is 0 Å². The molecule has 0 atom stereocenters. The molecule has 0 bridgehead atoms. The summed E-state index contributed by atoms with van der Waals surface area (Å²) in [5.74, 6) is 0. The summed E-state index contributed by atoms with van der Waals surface area (Å²) in [6.07, 6.45) is 1.00. The minimum atomic E-state index is 0. The van der Waals surface area contributed by atoms with E-state index in [1.54, 1.807) is 24.3 Å². The quantitative estimate of drug-likeness (QED) is 0.494. The van der Waals surface area contributed by atoms with Crippen molar-refractivity contribution >= 4 is 51.6 Å². The van der Waals surface area contributed by atoms with Crippen molar-refractivity contribution < 1.29 is 0 Å². The van der Waals surface area contributed by atoms with Crippen LogP contribution in [0.3, 0.4) is 0 Å². The normalized spacial score (nSPS) is 6.58. The molecule has 0 aliphatic heterocycles. The average molecular weight is 260 g/mol. The summed E-state index contributed by atoms with van der Waals surface area (Å²) in [6, 6.07) is 10.00. The van der Waals surface area contributed by atoms with Gasteiger partial charge < -0.3 is 6.92 Å². The van der Waals surface area contributed by atoms with Gasteiger partial charge in [-0.1, -0.05) is 11.9 Å². The van der Waals surface area contributed by atoms with Crippen LogP contribution in [-0.2, 0) is 0 Å². The van der Waals surface area contributed by atoms with Crippen LogP contribution in [0.2, 0.25) is 5.02 Å². The zero-order chi connectivity index (χ0) is 7.82. The first-order valence-corrected chi connectivity index (χ1v) is 3.60. The zero-order valence-corrected chi connectivity index (χ0v) is 11.1. The van der Waals surface area contributed by atoms with Crippen molar-refractivity contribution in [2.75, 3.05) is 0 Å². The fourth-order valence-corrected chi connectivity index (χ4v) is 0.493. The summed E-state index contributed by atoms with van der Waals surface area (Å²) in [5, 5.41) is 0.763. The number of benzene rings is 1. The van der Waals surface area contributed by atoms with E-state index in [1.165, 1.54) is 0 Å². The summed E-state index contributed by atoms with van der Waals surface area (Å²) in [6.45, 7) is 5.50. The fraction of sp³-hybridized carbons (Fsp3) is 0.222. The first kappa shape index (κ1) is 18.5. The van der Waals surface area contributed by atoms with E-state index in [4.69, 9.17) is 11.6 Å². The Morgan fingerprint density at radius 3 is 1.92 bits per heavy atom. The van der Waals surface area contributed by atoms with Crippen LogP contribution >= 0.6 is 28.6 Å². The molecule has 0 spiro atoms. The van der Waals surface area contributed by atoms with Crippen LogP contribution < -0.4 is 0 Å². The molecule has 3 heteroatoms. The smallest absolute Gasteiger partial charge is 0.344 e. The van der Waals surface area contributed by atoms with E-state index in [2.05, 4.69) is 13.0 Å². The van der Waals surface area contributed by atoms with Gasteiger partial charge in [-0.2, -0.15) is 36.8 Å². The first-order chi connectivity index (χ1) is 4.81. The van der Waals surface area contributed by atoms with Crippen molar-refractivity contribution in [3.8, 4) is 0 Å². The van der Waals surface area contributed by atoms with Gasteiger partial charge in [-0.05, 0) is 0 Å². The van der Waals surface area contributed by atoms with E-state index < -0.39 is 0 Å². The summed E-state index contributed by atoms with van der Waals surface area (Å²) >= 11 is 5.52. The molecule has 0 aliphatic rings. The third-order valence-electron chi connectivity index (χ3n) is 0.678. The van der Waals surface area contributed by atoms with Gasteiger partial charge in [-0.3, -0.25) is 0 Å². The van der Waals surface area contributed by atoms with E-state index in [0.717, 1.165) is 11.4 Å². The Morgan fingerprint density at radius 2 is 1.75 bits per heavy atom. The van der Waals surface area contributed by atoms with Crippen LogP contribution in [0.25, 0.3) is 0 Å². The molecule has 64 valence electrons. The topological polar surface area (TPSA) is 0 Å². The third kappa shape index (κ3) is 13.4. The Hall–Kier alpha value is 0.756. The second-order valence-electron chi connectivity index (χ2n) is 1.72. The largest absolute Gasteiger partial charge is 2.00 e. The second kappa shape index (κ2) is 14.3. The van der Waals surface area contributed by atoms with E-state index in [9.17, 15) is 0 Å². The molecule has 1 aromatic carbocycles. The summed E-state index contributed by atoms with van der Waals surface area (Å²) in [5.41, 5.74) is 0. The van der Waals surface area contributed by atoms with Gasteiger partial charge in [-0.15, -0.1) is 28.6 Å². The van der Waals surface area contributed by atoms with Crippen molar-refractivity contribution in [2.45, 2.75) is 13.3 Å². The molecule has 0 heterocycles. The van der Waals surface area contributed by atoms with Gasteiger partial charge in [0.2, 0.25) is 0 Å². The zero-order valence-electron chi connectivity index (χ0n) is 7.22. The predicted molar refractivity (Wildman–Crippen MR) is 62.0 cm³/mol. The predicted octanol–water partition coefficient (Wildman–Crippen LogP) is 3.57. The molecule has 0 unspecified atom stereocenters. The maximum Gasteiger partial charge on any atom is 2.00 e. The molecule has 1 aromatic rings. The minimum Gasteiger partial charge on any atom is -0.344 e. The molecular weight excluding hydrogens is 248 g/mol. The van der Waals surface area contributed by atoms with E-state index in [-0.39, 0.29) is 40.0 Å². The molecule has 1 rings (SSSR count). The number of halogens is 2. The molecule has 0 nitrogen and oxygen atoms in total. The van der Waals surface area contributed by atoms with E-state index in [1.807, 2.05) is 6.92 Å². The third-order valence-corrected chi connectivity index (χ3v) is 0.930. The molecule has 0 N–H and O–H groups in total. The van der Waals surface area contributed by atoms with Crippen molar-refractivity contribution in [1.29, 1.82) is 0 Å². The van der Waals surface area contributed by atoms with Gasteiger partial charge in [0.05, 0.1) is 0 Å². The second-order valence-corrected chi connectivity index (χ2v) is 2.15. The Morgan fingerprint density at radius 1 is 1.42 bits per heavy atom. The van der Waals surface area contributed by atoms with Gasteiger partial charge in [0.15, 0.2) is 0 Å². The van der Waals surface area contributed by atoms with Gasteiger partial charge >= 0.3 is 23.1 Å². The molecule has 0 saturated carbocycles. The fourth-order valence-electron chi connectivity index (χ4n) is 0.367. The molecular formula is C9H12BrClMg. The summed E-state index contributed by atoms with van der Waals surface area (Å²) < 4.78 is 0. The summed E-state index contributed by atoms with van der Waals surface area (Å²) in [7, 11) is 0. The van der Waals surface area contributed by atoms with Gasteiger partial charge in [-0.25, -0.2) is 0 Å². The van der Waals surface area contributed by atoms with Crippen LogP contribution in [0.4, 0.5) is 0 Å². The monoisotopic (exact) mass is 258 g/mol. The van der Waals surface area contributed by atoms with E-state index >= 15 is 0 Å². The maximum absolute atomic E-state index is 5.52. The van der Waals surface area contributed by atoms with Crippen LogP contribution in [0.15, 0.2) is 24.3 Å². The SMILES string of the molecule is Br.Clc1cc[c-]cc1.[CH2-]CC.[Mg+2]. The molecule has 0 amide bonds. The van der Waals surface area contributed by atoms with Crippen molar-refractivity contribution in [3.05, 3.63) is 42.3 Å². The Kier molecular flexibility index (Phi) is 22.1. The Bertz CT molecular complexity index is 156. The number of rotatable bonds is 0. The summed E-state index contributed by atoms with van der Waals surface area (Å²) in [4.78, 5) is 0. The van der Waals surface area contributed by atoms with Crippen LogP contribution in [0.5, 0.6) is 0 Å². The average Bonchev–Trinajstić information content (AvgIpc) is 1.91. The van der Waals surface area contributed by atoms with Crippen LogP contribution in [0, 0.1) is 13.0 Å². The van der Waals surface area contributed by atoms with Crippen molar-refractivity contribution in [2.24, 2.45) is 0 Å². The molecule has 0 saturated heterocycles. The number of hydrogen-bond acceptors (Lipinski definition) is 0. The van der Waals surface area contributed by atoms with Crippen LogP contribution in [-0.4, -0.2) is 23.1 Å². The van der Waals surface area contributed by atoms with Crippen molar-refractivity contribution in [3.63, 3.8) is 0 Å². The Labute approximate surface area is 107 Å². The van der Waals surface area contributed by atoms with Crippen LogP contribution in [0.1, 0.15) is 13.3 Å². The minimum absolute atomic E-state index is 0. The molecule has 0 fully saturated rings. The molecule has 0 aromatic heterocycles. The first-order valence-electron chi connectivity index (χ1n) is 3.22. The molecule has 12 heavy (non-hydrogen) atoms. The van der Waals surface area contributed by atoms with Crippen molar-refractivity contribution in [1.82, 2.24) is 0 Å².